The van der Waals surface area contributed by atoms with E-state index in [0.29, 0.717) is 13.2 Å². The molecule has 0 aliphatic heterocycles. The van der Waals surface area contributed by atoms with E-state index in [2.05, 4.69) is 23.0 Å². The molecule has 0 saturated heterocycles. The zero-order valence-electron chi connectivity index (χ0n) is 8.58. The molecule has 0 atom stereocenters. The third-order valence-electron chi connectivity index (χ3n) is 1.96. The van der Waals surface area contributed by atoms with Gasteiger partial charge in [0.2, 0.25) is 0 Å². The van der Waals surface area contributed by atoms with Crippen molar-refractivity contribution < 1.29 is 4.74 Å². The lowest BCUT2D eigenvalue weighted by Gasteiger charge is -2.04. The second kappa shape index (κ2) is 6.95. The number of ether oxygens (including phenoxy) is 1. The summed E-state index contributed by atoms with van der Waals surface area (Å²) >= 11 is 1.75. The first-order valence-corrected chi connectivity index (χ1v) is 5.79. The zero-order valence-corrected chi connectivity index (χ0v) is 9.40. The standard InChI is InChI=1S/C10H18N2OS/c1-9-7-14-8-10(9)6-12-3-5-13-4-2-11/h7-8,12H,2-6,11H2,1H3. The number of nitrogens with two attached hydrogens (primary N) is 1. The van der Waals surface area contributed by atoms with E-state index < -0.39 is 0 Å². The van der Waals surface area contributed by atoms with E-state index in [1.807, 2.05) is 0 Å². The van der Waals surface area contributed by atoms with Crippen LogP contribution in [0, 0.1) is 6.92 Å². The summed E-state index contributed by atoms with van der Waals surface area (Å²) in [6, 6.07) is 0. The second-order valence-electron chi connectivity index (χ2n) is 3.16. The lowest BCUT2D eigenvalue weighted by atomic mass is 10.2. The van der Waals surface area contributed by atoms with Crippen LogP contribution in [0.3, 0.4) is 0 Å². The number of hydrogen-bond acceptors (Lipinski definition) is 4. The van der Waals surface area contributed by atoms with Crippen LogP contribution in [0.2, 0.25) is 0 Å². The van der Waals surface area contributed by atoms with Crippen LogP contribution in [0.4, 0.5) is 0 Å². The van der Waals surface area contributed by atoms with Crippen LogP contribution in [0.15, 0.2) is 10.8 Å². The number of thiophene rings is 1. The van der Waals surface area contributed by atoms with Gasteiger partial charge in [0, 0.05) is 19.6 Å². The summed E-state index contributed by atoms with van der Waals surface area (Å²) in [5.41, 5.74) is 8.05. The lowest BCUT2D eigenvalue weighted by Crippen LogP contribution is -2.21. The predicted molar refractivity (Wildman–Crippen MR) is 60.6 cm³/mol. The van der Waals surface area contributed by atoms with Crippen LogP contribution in [0.5, 0.6) is 0 Å². The maximum atomic E-state index is 5.30. The summed E-state index contributed by atoms with van der Waals surface area (Å²) in [4.78, 5) is 0. The summed E-state index contributed by atoms with van der Waals surface area (Å²) in [6.45, 7) is 5.94. The molecule has 80 valence electrons. The van der Waals surface area contributed by atoms with Crippen LogP contribution in [-0.4, -0.2) is 26.3 Å². The first kappa shape index (κ1) is 11.7. The summed E-state index contributed by atoms with van der Waals surface area (Å²) in [5, 5.41) is 7.68. The van der Waals surface area contributed by atoms with Crippen LogP contribution in [-0.2, 0) is 11.3 Å². The number of nitrogens with one attached hydrogen (secondary N) is 1. The fraction of sp³-hybridized carbons (Fsp3) is 0.600. The molecule has 0 unspecified atom stereocenters. The van der Waals surface area contributed by atoms with Gasteiger partial charge in [0.25, 0.3) is 0 Å². The quantitative estimate of drug-likeness (QED) is 0.669. The van der Waals surface area contributed by atoms with Crippen molar-refractivity contribution >= 4 is 11.3 Å². The van der Waals surface area contributed by atoms with Gasteiger partial charge in [0.05, 0.1) is 13.2 Å². The third-order valence-corrected chi connectivity index (χ3v) is 2.87. The van der Waals surface area contributed by atoms with E-state index in [4.69, 9.17) is 10.5 Å². The topological polar surface area (TPSA) is 47.3 Å². The summed E-state index contributed by atoms with van der Waals surface area (Å²) in [7, 11) is 0. The number of hydrogen-bond donors (Lipinski definition) is 2. The Morgan fingerprint density at radius 3 is 2.93 bits per heavy atom. The van der Waals surface area contributed by atoms with Crippen molar-refractivity contribution in [2.24, 2.45) is 5.73 Å². The van der Waals surface area contributed by atoms with Crippen molar-refractivity contribution in [2.75, 3.05) is 26.3 Å². The molecule has 1 rings (SSSR count). The Bertz CT molecular complexity index is 250. The third kappa shape index (κ3) is 4.19. The van der Waals surface area contributed by atoms with Crippen LogP contribution >= 0.6 is 11.3 Å². The highest BCUT2D eigenvalue weighted by molar-refractivity contribution is 7.08. The van der Waals surface area contributed by atoms with E-state index >= 15 is 0 Å². The number of rotatable bonds is 7. The average Bonchev–Trinajstić information content (AvgIpc) is 2.58. The van der Waals surface area contributed by atoms with E-state index in [-0.39, 0.29) is 0 Å². The molecule has 0 fully saturated rings. The van der Waals surface area contributed by atoms with E-state index in [1.54, 1.807) is 11.3 Å². The Hall–Kier alpha value is -0.420. The molecular formula is C10H18N2OS. The molecule has 1 aromatic rings. The highest BCUT2D eigenvalue weighted by Crippen LogP contribution is 2.12. The molecule has 0 radical (unpaired) electrons. The molecule has 0 aliphatic rings. The van der Waals surface area contributed by atoms with Gasteiger partial charge >= 0.3 is 0 Å². The van der Waals surface area contributed by atoms with Crippen LogP contribution in [0.25, 0.3) is 0 Å². The van der Waals surface area contributed by atoms with Crippen molar-refractivity contribution in [2.45, 2.75) is 13.5 Å². The van der Waals surface area contributed by atoms with Gasteiger partial charge in [-0.05, 0) is 28.8 Å². The van der Waals surface area contributed by atoms with Gasteiger partial charge < -0.3 is 15.8 Å². The van der Waals surface area contributed by atoms with Gasteiger partial charge in [0.15, 0.2) is 0 Å². The highest BCUT2D eigenvalue weighted by atomic mass is 32.1. The largest absolute Gasteiger partial charge is 0.379 e. The van der Waals surface area contributed by atoms with Crippen molar-refractivity contribution in [3.05, 3.63) is 21.9 Å². The Morgan fingerprint density at radius 2 is 2.29 bits per heavy atom. The molecular weight excluding hydrogens is 196 g/mol. The molecule has 0 spiro atoms. The van der Waals surface area contributed by atoms with Gasteiger partial charge in [0.1, 0.15) is 0 Å². The summed E-state index contributed by atoms with van der Waals surface area (Å²) in [5.74, 6) is 0. The molecule has 3 nitrogen and oxygen atoms in total. The Morgan fingerprint density at radius 1 is 1.43 bits per heavy atom. The van der Waals surface area contributed by atoms with Crippen molar-refractivity contribution in [3.63, 3.8) is 0 Å². The molecule has 0 aliphatic carbocycles. The van der Waals surface area contributed by atoms with Gasteiger partial charge in [-0.25, -0.2) is 0 Å². The maximum Gasteiger partial charge on any atom is 0.0591 e. The molecule has 3 N–H and O–H groups in total. The fourth-order valence-electron chi connectivity index (χ4n) is 1.12. The van der Waals surface area contributed by atoms with Crippen LogP contribution in [0.1, 0.15) is 11.1 Å². The maximum absolute atomic E-state index is 5.30. The predicted octanol–water partition coefficient (Wildman–Crippen LogP) is 1.12. The van der Waals surface area contributed by atoms with Gasteiger partial charge in [-0.3, -0.25) is 0 Å². The first-order valence-electron chi connectivity index (χ1n) is 4.85. The monoisotopic (exact) mass is 214 g/mol. The summed E-state index contributed by atoms with van der Waals surface area (Å²) < 4.78 is 5.25. The Kier molecular flexibility index (Phi) is 5.78. The Labute approximate surface area is 89.3 Å². The molecule has 0 amide bonds. The molecule has 1 heterocycles. The zero-order chi connectivity index (χ0) is 10.2. The molecule has 14 heavy (non-hydrogen) atoms. The highest BCUT2D eigenvalue weighted by Gasteiger charge is 1.97. The molecule has 0 aromatic carbocycles. The SMILES string of the molecule is Cc1cscc1CNCCOCCN. The second-order valence-corrected chi connectivity index (χ2v) is 3.90. The Balaban J connectivity index is 2.02. The minimum atomic E-state index is 0.601. The van der Waals surface area contributed by atoms with E-state index in [9.17, 15) is 0 Å². The van der Waals surface area contributed by atoms with Crippen molar-refractivity contribution in [1.29, 1.82) is 0 Å². The van der Waals surface area contributed by atoms with Gasteiger partial charge in [-0.1, -0.05) is 0 Å². The minimum absolute atomic E-state index is 0.601. The molecule has 0 bridgehead atoms. The first-order chi connectivity index (χ1) is 6.84. The fourth-order valence-corrected chi connectivity index (χ4v) is 1.98. The smallest absolute Gasteiger partial charge is 0.0591 e. The normalized spacial score (nSPS) is 10.7. The van der Waals surface area contributed by atoms with Gasteiger partial charge in [-0.2, -0.15) is 11.3 Å². The molecule has 4 heteroatoms. The average molecular weight is 214 g/mol. The summed E-state index contributed by atoms with van der Waals surface area (Å²) in [6.07, 6.45) is 0. The minimum Gasteiger partial charge on any atom is -0.379 e. The van der Waals surface area contributed by atoms with Crippen molar-refractivity contribution in [1.82, 2.24) is 5.32 Å². The van der Waals surface area contributed by atoms with Crippen molar-refractivity contribution in [3.8, 4) is 0 Å². The molecule has 1 aromatic heterocycles. The lowest BCUT2D eigenvalue weighted by molar-refractivity contribution is 0.143. The van der Waals surface area contributed by atoms with E-state index in [1.165, 1.54) is 11.1 Å². The van der Waals surface area contributed by atoms with Gasteiger partial charge in [-0.15, -0.1) is 0 Å². The van der Waals surface area contributed by atoms with Crippen LogP contribution < -0.4 is 11.1 Å². The van der Waals surface area contributed by atoms with E-state index in [0.717, 1.165) is 19.7 Å². The molecule has 0 saturated carbocycles. The number of aryl methyl sites for hydroxylation is 1.